The van der Waals surface area contributed by atoms with Crippen LogP contribution in [0.1, 0.15) is 5.56 Å². The lowest BCUT2D eigenvalue weighted by Crippen LogP contribution is -2.22. The summed E-state index contributed by atoms with van der Waals surface area (Å²) in [5, 5.41) is 12.3. The molecule has 0 aliphatic rings. The Balaban J connectivity index is 1.96. The minimum Gasteiger partial charge on any atom is -0.472 e. The Bertz CT molecular complexity index is 878. The molecule has 0 atom stereocenters. The van der Waals surface area contributed by atoms with Crippen LogP contribution in [0.3, 0.4) is 0 Å². The number of halogens is 1. The maximum absolute atomic E-state index is 12.0. The van der Waals surface area contributed by atoms with Gasteiger partial charge in [0.15, 0.2) is 1.41 Å². The van der Waals surface area contributed by atoms with E-state index in [9.17, 15) is 4.79 Å². The molecule has 0 amide bonds. The van der Waals surface area contributed by atoms with Crippen LogP contribution in [0.4, 0.5) is 0 Å². The van der Waals surface area contributed by atoms with E-state index < -0.39 is 0 Å². The Hall–Kier alpha value is -2.36. The van der Waals surface area contributed by atoms with Crippen LogP contribution >= 0.6 is 15.9 Å². The van der Waals surface area contributed by atoms with Crippen LogP contribution in [0.25, 0.3) is 5.69 Å². The van der Waals surface area contributed by atoms with Gasteiger partial charge in [0.1, 0.15) is 6.61 Å². The highest BCUT2D eigenvalue weighted by molar-refractivity contribution is 9.10. The normalized spacial score (nSPS) is 11.7. The Morgan fingerprint density at radius 1 is 1.48 bits per heavy atom. The van der Waals surface area contributed by atoms with Gasteiger partial charge in [-0.2, -0.15) is 9.36 Å². The van der Waals surface area contributed by atoms with E-state index in [1.807, 2.05) is 7.05 Å². The molecule has 0 saturated heterocycles. The summed E-state index contributed by atoms with van der Waals surface area (Å²) in [6.45, 7) is 0.163. The monoisotopic (exact) mass is 355 g/mol. The summed E-state index contributed by atoms with van der Waals surface area (Å²) in [7, 11) is 3.36. The largest absolute Gasteiger partial charge is 0.472 e. The topological polar surface area (TPSA) is 95.5 Å². The molecule has 1 N–H and O–H groups in total. The fourth-order valence-corrected chi connectivity index (χ4v) is 2.28. The molecule has 110 valence electrons. The van der Waals surface area contributed by atoms with Crippen LogP contribution in [0.15, 0.2) is 27.9 Å². The molecular formula is C11H12BrN7O2. The molecule has 21 heavy (non-hydrogen) atoms. The Labute approximate surface area is 128 Å². The molecule has 0 aliphatic carbocycles. The van der Waals surface area contributed by atoms with Gasteiger partial charge in [-0.1, -0.05) is 0 Å². The number of nitrogens with zero attached hydrogens (tertiary/aromatic N) is 6. The third kappa shape index (κ3) is 2.37. The van der Waals surface area contributed by atoms with Gasteiger partial charge in [0, 0.05) is 38.1 Å². The number of ether oxygens (including phenoxy) is 1. The van der Waals surface area contributed by atoms with Crippen molar-refractivity contribution in [2.24, 2.45) is 14.1 Å². The van der Waals surface area contributed by atoms with Gasteiger partial charge >= 0.3 is 5.69 Å². The minimum absolute atomic E-state index is 0.163. The Kier molecular flexibility index (Phi) is 3.07. The second-order valence-electron chi connectivity index (χ2n) is 4.35. The zero-order valence-corrected chi connectivity index (χ0v) is 12.9. The average Bonchev–Trinajstić information content (AvgIpc) is 3.11. The van der Waals surface area contributed by atoms with Crippen molar-refractivity contribution in [3.8, 4) is 11.6 Å². The summed E-state index contributed by atoms with van der Waals surface area (Å²) in [4.78, 5) is 12.0. The number of hydrogen-bond acceptors (Lipinski definition) is 5. The van der Waals surface area contributed by atoms with Crippen LogP contribution in [-0.4, -0.2) is 34.5 Å². The summed E-state index contributed by atoms with van der Waals surface area (Å²) in [5.41, 5.74) is 0.942. The van der Waals surface area contributed by atoms with Crippen molar-refractivity contribution >= 4 is 15.9 Å². The Morgan fingerprint density at radius 3 is 2.90 bits per heavy atom. The van der Waals surface area contributed by atoms with Crippen LogP contribution < -0.4 is 10.4 Å². The van der Waals surface area contributed by atoms with Gasteiger partial charge in [0.25, 0.3) is 0 Å². The molecule has 0 aliphatic heterocycles. The number of H-pyrrole nitrogens is 1. The van der Waals surface area contributed by atoms with Gasteiger partial charge < -0.3 is 9.30 Å². The van der Waals surface area contributed by atoms with Crippen LogP contribution in [0.5, 0.6) is 5.88 Å². The molecule has 3 aromatic rings. The van der Waals surface area contributed by atoms with Crippen LogP contribution in [-0.2, 0) is 20.7 Å². The standard InChI is InChI=1S/C11H12BrN7O2/c1-17-5-8(19-11(20)18(2)15-16-19)7(10(17)12)6-21-9-3-4-13-14-9/h3-5H,6H2,1-2H3,(H,13,14)/i/hT. The van der Waals surface area contributed by atoms with Crippen molar-refractivity contribution < 1.29 is 6.15 Å². The number of aryl methyl sites for hydroxylation is 2. The molecule has 9 nitrogen and oxygen atoms in total. The number of aromatic nitrogens is 7. The molecule has 0 unspecified atom stereocenters. The highest BCUT2D eigenvalue weighted by Gasteiger charge is 2.18. The van der Waals surface area contributed by atoms with Crippen molar-refractivity contribution in [2.75, 3.05) is 0 Å². The van der Waals surface area contributed by atoms with Gasteiger partial charge in [0.05, 0.1) is 10.3 Å². The molecule has 0 radical (unpaired) electrons. The molecule has 10 heteroatoms. The maximum Gasteiger partial charge on any atom is 0.368 e. The lowest BCUT2D eigenvalue weighted by molar-refractivity contribution is 0.292. The first-order valence-electron chi connectivity index (χ1n) is 6.43. The predicted molar refractivity (Wildman–Crippen MR) is 76.2 cm³/mol. The second-order valence-corrected chi connectivity index (χ2v) is 5.10. The molecule has 0 fully saturated rings. The van der Waals surface area contributed by atoms with Gasteiger partial charge in [-0.15, -0.1) is 5.10 Å². The van der Waals surface area contributed by atoms with E-state index in [0.29, 0.717) is 11.6 Å². The third-order valence-corrected chi connectivity index (χ3v) is 3.98. The highest BCUT2D eigenvalue weighted by Crippen LogP contribution is 2.25. The summed E-state index contributed by atoms with van der Waals surface area (Å²) >= 11 is 3.46. The number of tetrazole rings is 1. The SMILES string of the molecule is [3H]n1ccc(OCc2c(-n3nnn(C)c3=O)cn(C)c2Br)n1. The molecule has 0 bridgehead atoms. The third-order valence-electron chi connectivity index (χ3n) is 2.94. The van der Waals surface area contributed by atoms with E-state index in [-0.39, 0.29) is 12.3 Å². The van der Waals surface area contributed by atoms with E-state index in [4.69, 9.17) is 6.15 Å². The van der Waals surface area contributed by atoms with Gasteiger partial charge in [-0.25, -0.2) is 4.79 Å². The quantitative estimate of drug-likeness (QED) is 0.729. The second kappa shape index (κ2) is 5.20. The predicted octanol–water partition coefficient (Wildman–Crippen LogP) is 0.369. The summed E-state index contributed by atoms with van der Waals surface area (Å²) in [6, 6.07) is 1.58. The molecule has 0 saturated carbocycles. The first kappa shape index (κ1) is 12.4. The highest BCUT2D eigenvalue weighted by atomic mass is 79.9. The van der Waals surface area contributed by atoms with Gasteiger partial charge in [-0.05, 0) is 26.4 Å². The lowest BCUT2D eigenvalue weighted by atomic mass is 10.3. The average molecular weight is 356 g/mol. The van der Waals surface area contributed by atoms with E-state index >= 15 is 0 Å². The number of nitrogens with one attached hydrogen (secondary N) is 1. The fourth-order valence-electron chi connectivity index (χ4n) is 1.86. The zero-order valence-electron chi connectivity index (χ0n) is 12.3. The molecule has 3 heterocycles. The molecule has 0 spiro atoms. The van der Waals surface area contributed by atoms with E-state index in [1.165, 1.54) is 17.9 Å². The van der Waals surface area contributed by atoms with E-state index in [1.54, 1.807) is 16.8 Å². The first-order valence-corrected chi connectivity index (χ1v) is 6.77. The fraction of sp³-hybridized carbons (Fsp3) is 0.273. The van der Waals surface area contributed by atoms with Crippen molar-refractivity contribution in [2.45, 2.75) is 6.61 Å². The summed E-state index contributed by atoms with van der Waals surface area (Å²) in [6.07, 6.45) is 3.21. The number of aromatic amines is 1. The summed E-state index contributed by atoms with van der Waals surface area (Å²) in [5.74, 6) is 0.322. The van der Waals surface area contributed by atoms with E-state index in [2.05, 4.69) is 31.5 Å². The van der Waals surface area contributed by atoms with Crippen molar-refractivity contribution in [3.63, 3.8) is 0 Å². The molecule has 3 rings (SSSR count). The van der Waals surface area contributed by atoms with Crippen molar-refractivity contribution in [1.82, 2.24) is 34.5 Å². The minimum atomic E-state index is -0.352. The number of rotatable bonds is 4. The lowest BCUT2D eigenvalue weighted by Gasteiger charge is -2.04. The van der Waals surface area contributed by atoms with Gasteiger partial charge in [-0.3, -0.25) is 5.09 Å². The molecule has 3 aromatic heterocycles. The Morgan fingerprint density at radius 2 is 2.29 bits per heavy atom. The van der Waals surface area contributed by atoms with Gasteiger partial charge in [0.2, 0.25) is 5.88 Å². The smallest absolute Gasteiger partial charge is 0.368 e. The summed E-state index contributed by atoms with van der Waals surface area (Å²) < 4.78 is 17.8. The first-order chi connectivity index (χ1) is 10.5. The molecule has 0 aromatic carbocycles. The zero-order chi connectivity index (χ0) is 15.9. The van der Waals surface area contributed by atoms with Crippen LogP contribution in [0.2, 0.25) is 1.41 Å². The maximum atomic E-state index is 12.0. The van der Waals surface area contributed by atoms with Crippen molar-refractivity contribution in [1.29, 1.82) is 0 Å². The van der Waals surface area contributed by atoms with Crippen LogP contribution in [0, 0.1) is 0 Å². The molecular weight excluding hydrogens is 342 g/mol. The van der Waals surface area contributed by atoms with Crippen molar-refractivity contribution in [3.05, 3.63) is 39.1 Å². The van der Waals surface area contributed by atoms with E-state index in [0.717, 1.165) is 19.9 Å². The number of hydrogen-bond donors (Lipinski definition) is 1.